The van der Waals surface area contributed by atoms with Crippen molar-refractivity contribution in [2.24, 2.45) is 40.4 Å². The van der Waals surface area contributed by atoms with E-state index in [0.717, 1.165) is 24.8 Å². The molecule has 1 saturated heterocycles. The van der Waals surface area contributed by atoms with Gasteiger partial charge in [0.25, 0.3) is 0 Å². The van der Waals surface area contributed by atoms with Crippen LogP contribution < -0.4 is 206 Å². The van der Waals surface area contributed by atoms with Crippen molar-refractivity contribution in [1.29, 1.82) is 0 Å². The maximum absolute atomic E-state index is 12.9. The van der Waals surface area contributed by atoms with Crippen molar-refractivity contribution in [2.75, 3.05) is 6.61 Å². The number of hydrogen-bond donors (Lipinski definition) is 5. The summed E-state index contributed by atoms with van der Waals surface area (Å²) < 4.78 is 93.5. The van der Waals surface area contributed by atoms with E-state index in [9.17, 15) is 50.8 Å². The van der Waals surface area contributed by atoms with E-state index in [1.54, 1.807) is 13.8 Å². The van der Waals surface area contributed by atoms with Crippen LogP contribution in [0.25, 0.3) is 0 Å². The van der Waals surface area contributed by atoms with Gasteiger partial charge >= 0.3 is 238 Å². The molecule has 1 spiro atoms. The second-order valence-corrected chi connectivity index (χ2v) is 16.9. The molecule has 282 valence electrons. The van der Waals surface area contributed by atoms with E-state index in [4.69, 9.17) is 18.4 Å². The topological polar surface area (TPSA) is 250 Å². The van der Waals surface area contributed by atoms with Crippen LogP contribution in [0.5, 0.6) is 0 Å². The molecule has 5 aliphatic rings. The first-order valence-electron chi connectivity index (χ1n) is 16.2. The van der Waals surface area contributed by atoms with Crippen LogP contribution in [0.1, 0.15) is 77.8 Å². The van der Waals surface area contributed by atoms with Crippen molar-refractivity contribution in [3.8, 4) is 0 Å². The Morgan fingerprint density at radius 3 is 2.12 bits per heavy atom. The minimum atomic E-state index is -5.42. The third kappa shape index (κ3) is 12.3. The molecular formula is C30H50K4O16S2. The summed E-state index contributed by atoms with van der Waals surface area (Å²) in [5.41, 5.74) is -0.319. The molecule has 0 radical (unpaired) electrons. The number of carboxylic acids is 1. The SMILES string of the molecule is C=C1[C@H]2CC[C@H]3[C@]4(C)C[C@H](O[C@@H]5O[C@H](CO)[C@@H](OS(=O)(=O)O)[C@H](OS(=O)(=O)O)[C@H]5OC(=O)CC(C)C)C[C@@H](C(=O)O)[C@H]4CC[C@]3(C2)[C@H]1O.[H-].[H-].[H-].[H-].[K+].[K+].[K+].[K+]. The molecule has 52 heavy (non-hydrogen) atoms. The summed E-state index contributed by atoms with van der Waals surface area (Å²) >= 11 is 0. The minimum absolute atomic E-state index is 0. The summed E-state index contributed by atoms with van der Waals surface area (Å²) in [6.45, 7) is 8.52. The predicted molar refractivity (Wildman–Crippen MR) is 167 cm³/mol. The number of aliphatic hydroxyl groups excluding tert-OH is 2. The van der Waals surface area contributed by atoms with Gasteiger partial charge in [-0.15, -0.1) is 0 Å². The summed E-state index contributed by atoms with van der Waals surface area (Å²) in [6, 6.07) is 0. The third-order valence-corrected chi connectivity index (χ3v) is 12.4. The van der Waals surface area contributed by atoms with Crippen LogP contribution in [-0.4, -0.2) is 103 Å². The number of fused-ring (bicyclic) bond motifs is 3. The van der Waals surface area contributed by atoms with E-state index in [-0.39, 0.29) is 254 Å². The molecule has 0 unspecified atom stereocenters. The number of carbonyl (C=O) groups is 2. The Morgan fingerprint density at radius 2 is 1.58 bits per heavy atom. The predicted octanol–water partition coefficient (Wildman–Crippen LogP) is -9.87. The van der Waals surface area contributed by atoms with Crippen molar-refractivity contribution in [3.05, 3.63) is 12.2 Å². The zero-order valence-electron chi connectivity index (χ0n) is 35.0. The van der Waals surface area contributed by atoms with Crippen molar-refractivity contribution in [2.45, 2.75) is 115 Å². The second kappa shape index (κ2) is 21.7. The molecule has 5 N–H and O–H groups in total. The second-order valence-electron chi connectivity index (χ2n) is 14.8. The Hall–Kier alpha value is 4.81. The molecule has 1 aliphatic heterocycles. The summed E-state index contributed by atoms with van der Waals surface area (Å²) in [4.78, 5) is 25.7. The van der Waals surface area contributed by atoms with Gasteiger partial charge < -0.3 is 35.2 Å². The summed E-state index contributed by atoms with van der Waals surface area (Å²) in [5, 5.41) is 32.0. The molecule has 0 aromatic heterocycles. The fraction of sp³-hybridized carbons (Fsp3) is 0.867. The third-order valence-electron chi connectivity index (χ3n) is 11.5. The maximum atomic E-state index is 12.9. The molecule has 16 nitrogen and oxygen atoms in total. The smallest absolute Gasteiger partial charge is 1.00 e. The Bertz CT molecular complexity index is 1520. The van der Waals surface area contributed by atoms with E-state index >= 15 is 0 Å². The Labute approximate surface area is 481 Å². The molecule has 0 amide bonds. The van der Waals surface area contributed by atoms with Crippen LogP contribution in [0.4, 0.5) is 0 Å². The summed E-state index contributed by atoms with van der Waals surface area (Å²) in [5.74, 6) is -3.25. The van der Waals surface area contributed by atoms with E-state index in [1.807, 2.05) is 6.92 Å². The number of esters is 1. The van der Waals surface area contributed by atoms with Gasteiger partial charge in [-0.2, -0.15) is 16.8 Å². The van der Waals surface area contributed by atoms with Gasteiger partial charge in [-0.1, -0.05) is 27.4 Å². The Kier molecular flexibility index (Phi) is 22.9. The van der Waals surface area contributed by atoms with E-state index in [1.165, 1.54) is 0 Å². The quantitative estimate of drug-likeness (QED) is 0.0425. The van der Waals surface area contributed by atoms with Gasteiger partial charge in [-0.25, -0.2) is 8.37 Å². The summed E-state index contributed by atoms with van der Waals surface area (Å²) in [6.07, 6.45) is -7.93. The Balaban J connectivity index is -0.00000169. The number of rotatable bonds is 11. The normalized spacial score (nSPS) is 39.7. The number of carboxylic acid groups (broad SMARTS) is 1. The standard InChI is InChI=1S/C30H46O16S2.4K.4H/c1-14(2)9-22(32)44-25-24(46-48(39,40)41)23(45-47(36,37)38)20(13-31)43-28(25)42-17-10-18(27(34)35)19-7-8-30-11-16(15(3)26(30)33)5-6-21(30)29(19,4)12-17;;;;;;;;/h14,16-21,23-26,28,31,33H,3,5-13H2,1-2,4H3,(H,34,35)(H,36,37,38)(H,39,40,41);;;;;;;;/q;4*+1;4*-1/t16-,17+,18+,19+,20+,21-,23+,24-,25+,26-,28+,29+,30+;;;;;;;;/m0......../s1. The van der Waals surface area contributed by atoms with Crippen molar-refractivity contribution in [1.82, 2.24) is 0 Å². The minimum Gasteiger partial charge on any atom is -1.00 e. The molecule has 22 heteroatoms. The van der Waals surface area contributed by atoms with Crippen molar-refractivity contribution >= 4 is 32.7 Å². The van der Waals surface area contributed by atoms with Gasteiger partial charge in [0.2, 0.25) is 0 Å². The number of ether oxygens (including phenoxy) is 3. The Morgan fingerprint density at radius 1 is 0.981 bits per heavy atom. The average molecular weight is 887 g/mol. The summed E-state index contributed by atoms with van der Waals surface area (Å²) in [7, 11) is -10.8. The molecule has 0 aromatic rings. The van der Waals surface area contributed by atoms with Gasteiger partial charge in [0.05, 0.1) is 24.7 Å². The van der Waals surface area contributed by atoms with Crippen LogP contribution in [0, 0.1) is 40.4 Å². The van der Waals surface area contributed by atoms with Gasteiger partial charge in [0.15, 0.2) is 18.5 Å². The number of hydrogen-bond acceptors (Lipinski definition) is 13. The zero-order valence-corrected chi connectivity index (χ0v) is 45.2. The first-order valence-corrected chi connectivity index (χ1v) is 18.9. The van der Waals surface area contributed by atoms with E-state index < -0.39 is 99.0 Å². The monoisotopic (exact) mass is 886 g/mol. The average Bonchev–Trinajstić information content (AvgIpc) is 3.12. The van der Waals surface area contributed by atoms with E-state index in [0.29, 0.717) is 12.8 Å². The molecule has 13 atom stereocenters. The number of carbonyl (C=O) groups excluding carboxylic acids is 1. The van der Waals surface area contributed by atoms with Crippen LogP contribution in [-0.2, 0) is 53.0 Å². The zero-order chi connectivity index (χ0) is 35.6. The number of aliphatic carboxylic acids is 1. The molecule has 0 aromatic carbocycles. The first kappa shape index (κ1) is 54.8. The molecule has 2 bridgehead atoms. The van der Waals surface area contributed by atoms with Crippen molar-refractivity contribution < 1.29 is 285 Å². The number of aliphatic hydroxyl groups is 2. The van der Waals surface area contributed by atoms with Crippen LogP contribution in [0.3, 0.4) is 0 Å². The van der Waals surface area contributed by atoms with E-state index in [2.05, 4.69) is 10.8 Å². The molecule has 5 fully saturated rings. The molecule has 1 heterocycles. The fourth-order valence-electron chi connectivity index (χ4n) is 9.82. The molecule has 4 saturated carbocycles. The van der Waals surface area contributed by atoms with Crippen LogP contribution in [0.2, 0.25) is 0 Å². The first-order chi connectivity index (χ1) is 22.2. The van der Waals surface area contributed by atoms with Crippen molar-refractivity contribution in [3.63, 3.8) is 0 Å². The fourth-order valence-corrected chi connectivity index (χ4v) is 10.8. The van der Waals surface area contributed by atoms with Gasteiger partial charge in [0.1, 0.15) is 12.2 Å². The maximum Gasteiger partial charge on any atom is 1.00 e. The van der Waals surface area contributed by atoms with Gasteiger partial charge in [-0.05, 0) is 79.6 Å². The molecule has 5 rings (SSSR count). The van der Waals surface area contributed by atoms with Gasteiger partial charge in [0, 0.05) is 11.8 Å². The van der Waals surface area contributed by atoms with Crippen LogP contribution in [0.15, 0.2) is 12.2 Å². The van der Waals surface area contributed by atoms with Crippen LogP contribution >= 0.6 is 0 Å². The molecule has 4 aliphatic carbocycles. The van der Waals surface area contributed by atoms with Gasteiger partial charge in [-0.3, -0.25) is 18.7 Å². The molecular weight excluding hydrogens is 837 g/mol. The largest absolute Gasteiger partial charge is 1.00 e.